The molecular weight excluding hydrogens is 230 g/mol. The van der Waals surface area contributed by atoms with E-state index < -0.39 is 17.3 Å². The van der Waals surface area contributed by atoms with E-state index in [1.165, 1.54) is 0 Å². The SMILES string of the molecule is Cc1cccc(C)c1NC(=O)C1(C(=O)O)CCC1. The van der Waals surface area contributed by atoms with Gasteiger partial charge in [0.25, 0.3) is 0 Å². The molecule has 0 spiro atoms. The van der Waals surface area contributed by atoms with Crippen LogP contribution in [0.4, 0.5) is 5.69 Å². The van der Waals surface area contributed by atoms with E-state index >= 15 is 0 Å². The number of nitrogens with one attached hydrogen (secondary N) is 1. The van der Waals surface area contributed by atoms with Gasteiger partial charge in [-0.05, 0) is 37.8 Å². The quantitative estimate of drug-likeness (QED) is 0.806. The minimum absolute atomic E-state index is 0.390. The van der Waals surface area contributed by atoms with Crippen molar-refractivity contribution in [3.05, 3.63) is 29.3 Å². The van der Waals surface area contributed by atoms with E-state index in [4.69, 9.17) is 0 Å². The lowest BCUT2D eigenvalue weighted by molar-refractivity contribution is -0.159. The number of hydrogen-bond acceptors (Lipinski definition) is 2. The molecule has 1 fully saturated rings. The van der Waals surface area contributed by atoms with Crippen LogP contribution in [0.1, 0.15) is 30.4 Å². The maximum atomic E-state index is 12.2. The fraction of sp³-hybridized carbons (Fsp3) is 0.429. The molecule has 0 bridgehead atoms. The van der Waals surface area contributed by atoms with E-state index in [1.54, 1.807) is 0 Å². The summed E-state index contributed by atoms with van der Waals surface area (Å²) in [6.07, 6.45) is 1.66. The summed E-state index contributed by atoms with van der Waals surface area (Å²) < 4.78 is 0. The van der Waals surface area contributed by atoms with E-state index in [0.717, 1.165) is 23.2 Å². The zero-order valence-corrected chi connectivity index (χ0v) is 10.6. The largest absolute Gasteiger partial charge is 0.480 e. The molecule has 0 saturated heterocycles. The van der Waals surface area contributed by atoms with Gasteiger partial charge in [0.2, 0.25) is 5.91 Å². The first kappa shape index (κ1) is 12.6. The van der Waals surface area contributed by atoms with Gasteiger partial charge in [-0.25, -0.2) is 0 Å². The average molecular weight is 247 g/mol. The number of aliphatic carboxylic acids is 1. The zero-order chi connectivity index (χ0) is 13.3. The Labute approximate surface area is 106 Å². The van der Waals surface area contributed by atoms with Gasteiger partial charge in [0, 0.05) is 5.69 Å². The maximum Gasteiger partial charge on any atom is 0.319 e. The highest BCUT2D eigenvalue weighted by Crippen LogP contribution is 2.42. The normalized spacial score (nSPS) is 16.8. The number of carboxylic acids is 1. The van der Waals surface area contributed by atoms with Crippen LogP contribution < -0.4 is 5.32 Å². The molecule has 1 aromatic carbocycles. The Kier molecular flexibility index (Phi) is 3.11. The molecule has 0 aromatic heterocycles. The number of benzene rings is 1. The van der Waals surface area contributed by atoms with E-state index in [1.807, 2.05) is 32.0 Å². The highest BCUT2D eigenvalue weighted by atomic mass is 16.4. The summed E-state index contributed by atoms with van der Waals surface area (Å²) in [4.78, 5) is 23.4. The van der Waals surface area contributed by atoms with Crippen molar-refractivity contribution in [3.63, 3.8) is 0 Å². The van der Waals surface area contributed by atoms with Crippen molar-refractivity contribution >= 4 is 17.6 Å². The summed E-state index contributed by atoms with van der Waals surface area (Å²) in [5, 5.41) is 12.0. The molecular formula is C14H17NO3. The maximum absolute atomic E-state index is 12.2. The molecule has 0 heterocycles. The molecule has 1 saturated carbocycles. The van der Waals surface area contributed by atoms with Gasteiger partial charge in [0.15, 0.2) is 0 Å². The van der Waals surface area contributed by atoms with Crippen molar-refractivity contribution in [2.75, 3.05) is 5.32 Å². The van der Waals surface area contributed by atoms with Gasteiger partial charge in [0.05, 0.1) is 0 Å². The van der Waals surface area contributed by atoms with E-state index in [0.29, 0.717) is 12.8 Å². The topological polar surface area (TPSA) is 66.4 Å². The second kappa shape index (κ2) is 4.44. The molecule has 18 heavy (non-hydrogen) atoms. The van der Waals surface area contributed by atoms with Crippen molar-refractivity contribution in [1.82, 2.24) is 0 Å². The fourth-order valence-corrected chi connectivity index (χ4v) is 2.31. The zero-order valence-electron chi connectivity index (χ0n) is 10.6. The molecule has 0 unspecified atom stereocenters. The summed E-state index contributed by atoms with van der Waals surface area (Å²) >= 11 is 0. The van der Waals surface area contributed by atoms with Crippen LogP contribution in [0.2, 0.25) is 0 Å². The van der Waals surface area contributed by atoms with Crippen LogP contribution in [0.3, 0.4) is 0 Å². The summed E-state index contributed by atoms with van der Waals surface area (Å²) in [6.45, 7) is 3.80. The third-order valence-electron chi connectivity index (χ3n) is 3.77. The Morgan fingerprint density at radius 1 is 1.22 bits per heavy atom. The molecule has 4 heteroatoms. The second-order valence-electron chi connectivity index (χ2n) is 4.96. The van der Waals surface area contributed by atoms with Crippen LogP contribution in [0.25, 0.3) is 0 Å². The molecule has 4 nitrogen and oxygen atoms in total. The van der Waals surface area contributed by atoms with Crippen LogP contribution in [-0.2, 0) is 9.59 Å². The Bertz CT molecular complexity index is 484. The molecule has 1 aliphatic carbocycles. The lowest BCUT2D eigenvalue weighted by Gasteiger charge is -2.36. The molecule has 1 amide bonds. The van der Waals surface area contributed by atoms with Gasteiger partial charge in [-0.2, -0.15) is 0 Å². The van der Waals surface area contributed by atoms with Gasteiger partial charge in [0.1, 0.15) is 5.41 Å². The summed E-state index contributed by atoms with van der Waals surface area (Å²) in [5.74, 6) is -1.41. The first-order valence-electron chi connectivity index (χ1n) is 6.08. The van der Waals surface area contributed by atoms with Crippen LogP contribution in [0, 0.1) is 19.3 Å². The van der Waals surface area contributed by atoms with Crippen molar-refractivity contribution in [1.29, 1.82) is 0 Å². The number of aryl methyl sites for hydroxylation is 2. The number of carbonyl (C=O) groups excluding carboxylic acids is 1. The van der Waals surface area contributed by atoms with Crippen LogP contribution in [-0.4, -0.2) is 17.0 Å². The highest BCUT2D eigenvalue weighted by Gasteiger charge is 2.51. The number of rotatable bonds is 3. The second-order valence-corrected chi connectivity index (χ2v) is 4.96. The Hall–Kier alpha value is -1.84. The van der Waals surface area contributed by atoms with Crippen LogP contribution in [0.5, 0.6) is 0 Å². The summed E-state index contributed by atoms with van der Waals surface area (Å²) in [5.41, 5.74) is 1.41. The minimum Gasteiger partial charge on any atom is -0.480 e. The minimum atomic E-state index is -1.21. The van der Waals surface area contributed by atoms with Gasteiger partial charge in [-0.3, -0.25) is 9.59 Å². The van der Waals surface area contributed by atoms with Crippen molar-refractivity contribution in [2.45, 2.75) is 33.1 Å². The number of carboxylic acid groups (broad SMARTS) is 1. The fourth-order valence-electron chi connectivity index (χ4n) is 2.31. The van der Waals surface area contributed by atoms with Crippen molar-refractivity contribution < 1.29 is 14.7 Å². The summed E-state index contributed by atoms with van der Waals surface area (Å²) in [7, 11) is 0. The number of carbonyl (C=O) groups is 2. The van der Waals surface area contributed by atoms with Gasteiger partial charge >= 0.3 is 5.97 Å². The molecule has 1 aliphatic rings. The molecule has 96 valence electrons. The highest BCUT2D eigenvalue weighted by molar-refractivity contribution is 6.09. The monoisotopic (exact) mass is 247 g/mol. The van der Waals surface area contributed by atoms with Crippen molar-refractivity contribution in [3.8, 4) is 0 Å². The predicted octanol–water partition coefficient (Wildman–Crippen LogP) is 2.50. The Balaban J connectivity index is 2.24. The number of hydrogen-bond donors (Lipinski definition) is 2. The molecule has 0 aliphatic heterocycles. The third-order valence-corrected chi connectivity index (χ3v) is 3.77. The van der Waals surface area contributed by atoms with E-state index in [9.17, 15) is 14.7 Å². The Morgan fingerprint density at radius 2 is 1.78 bits per heavy atom. The van der Waals surface area contributed by atoms with Crippen LogP contribution >= 0.6 is 0 Å². The Morgan fingerprint density at radius 3 is 2.17 bits per heavy atom. The lowest BCUT2D eigenvalue weighted by Crippen LogP contribution is -2.48. The van der Waals surface area contributed by atoms with Gasteiger partial charge < -0.3 is 10.4 Å². The predicted molar refractivity (Wildman–Crippen MR) is 68.5 cm³/mol. The molecule has 1 aromatic rings. The molecule has 2 N–H and O–H groups in total. The molecule has 0 atom stereocenters. The average Bonchev–Trinajstić information content (AvgIpc) is 2.21. The smallest absolute Gasteiger partial charge is 0.319 e. The molecule has 2 rings (SSSR count). The van der Waals surface area contributed by atoms with Crippen LogP contribution in [0.15, 0.2) is 18.2 Å². The number of para-hydroxylation sites is 1. The molecule has 0 radical (unpaired) electrons. The van der Waals surface area contributed by atoms with Crippen molar-refractivity contribution in [2.24, 2.45) is 5.41 Å². The first-order valence-corrected chi connectivity index (χ1v) is 6.08. The third kappa shape index (κ3) is 1.88. The first-order chi connectivity index (χ1) is 8.47. The number of anilines is 1. The van der Waals surface area contributed by atoms with Gasteiger partial charge in [-0.15, -0.1) is 0 Å². The number of amides is 1. The van der Waals surface area contributed by atoms with E-state index in [-0.39, 0.29) is 0 Å². The lowest BCUT2D eigenvalue weighted by atomic mass is 9.68. The van der Waals surface area contributed by atoms with E-state index in [2.05, 4.69) is 5.32 Å². The standard InChI is InChI=1S/C14H17NO3/c1-9-5-3-6-10(2)11(9)15-12(16)14(13(17)18)7-4-8-14/h3,5-6H,4,7-8H2,1-2H3,(H,15,16)(H,17,18). The van der Waals surface area contributed by atoms with Gasteiger partial charge in [-0.1, -0.05) is 24.6 Å². The summed E-state index contributed by atoms with van der Waals surface area (Å²) in [6, 6.07) is 5.71.